The van der Waals surface area contributed by atoms with Gasteiger partial charge in [-0.2, -0.15) is 0 Å². The van der Waals surface area contributed by atoms with Crippen LogP contribution in [0.2, 0.25) is 0 Å². The molecule has 1 heterocycles. The molecule has 0 spiro atoms. The van der Waals surface area contributed by atoms with Gasteiger partial charge >= 0.3 is 0 Å². The number of hydrogen-bond acceptors (Lipinski definition) is 3. The highest BCUT2D eigenvalue weighted by atomic mass is 16.3. The molecule has 0 aromatic heterocycles. The molecule has 3 heteroatoms. The van der Waals surface area contributed by atoms with Gasteiger partial charge < -0.3 is 10.8 Å². The molecule has 4 N–H and O–H groups in total. The summed E-state index contributed by atoms with van der Waals surface area (Å²) in [5.74, 6) is 0. The maximum atomic E-state index is 8.99. The molecule has 1 aliphatic heterocycles. The number of aliphatic hydroxyl groups is 1. The Balaban J connectivity index is 2.28. The fourth-order valence-electron chi connectivity index (χ4n) is 0.896. The first-order valence-electron chi connectivity index (χ1n) is 2.98. The second-order valence-corrected chi connectivity index (χ2v) is 2.19. The van der Waals surface area contributed by atoms with Gasteiger partial charge in [0, 0.05) is 0 Å². The Bertz CT molecular complexity index is 66.8. The van der Waals surface area contributed by atoms with Crippen molar-refractivity contribution in [2.24, 2.45) is 5.73 Å². The van der Waals surface area contributed by atoms with Crippen LogP contribution in [-0.4, -0.2) is 23.9 Å². The lowest BCUT2D eigenvalue weighted by atomic mass is 10.1. The van der Waals surface area contributed by atoms with Crippen molar-refractivity contribution < 1.29 is 5.11 Å². The lowest BCUT2D eigenvalue weighted by molar-refractivity contribution is 0.0991. The summed E-state index contributed by atoms with van der Waals surface area (Å²) in [7, 11) is 0. The summed E-state index contributed by atoms with van der Waals surface area (Å²) in [6, 6.07) is 0. The van der Waals surface area contributed by atoms with Crippen LogP contribution in [0.15, 0.2) is 0 Å². The van der Waals surface area contributed by atoms with Gasteiger partial charge in [-0.25, -0.2) is 0 Å². The van der Waals surface area contributed by atoms with Crippen LogP contribution in [0.25, 0.3) is 0 Å². The summed E-state index contributed by atoms with van der Waals surface area (Å²) < 4.78 is 0. The highest BCUT2D eigenvalue weighted by Crippen LogP contribution is 2.02. The SMILES string of the molecule is NC1NCCCC1O. The molecule has 0 saturated carbocycles. The van der Waals surface area contributed by atoms with Crippen molar-refractivity contribution in [3.63, 3.8) is 0 Å². The molecule has 1 rings (SSSR count). The summed E-state index contributed by atoms with van der Waals surface area (Å²) in [6.45, 7) is 0.943. The minimum absolute atomic E-state index is 0.191. The van der Waals surface area contributed by atoms with Crippen LogP contribution >= 0.6 is 0 Å². The van der Waals surface area contributed by atoms with E-state index in [2.05, 4.69) is 5.32 Å². The maximum absolute atomic E-state index is 8.99. The normalized spacial score (nSPS) is 39.8. The highest BCUT2D eigenvalue weighted by molar-refractivity contribution is 4.74. The third-order valence-electron chi connectivity index (χ3n) is 1.47. The number of aliphatic hydroxyl groups excluding tert-OH is 1. The number of rotatable bonds is 0. The minimum Gasteiger partial charge on any atom is -0.390 e. The molecule has 0 aromatic carbocycles. The van der Waals surface area contributed by atoms with Crippen LogP contribution in [0.1, 0.15) is 12.8 Å². The zero-order valence-corrected chi connectivity index (χ0v) is 4.80. The van der Waals surface area contributed by atoms with Crippen molar-refractivity contribution in [3.8, 4) is 0 Å². The van der Waals surface area contributed by atoms with Crippen molar-refractivity contribution in [3.05, 3.63) is 0 Å². The van der Waals surface area contributed by atoms with E-state index in [0.29, 0.717) is 0 Å². The molecule has 2 atom stereocenters. The van der Waals surface area contributed by atoms with Gasteiger partial charge in [0.25, 0.3) is 0 Å². The van der Waals surface area contributed by atoms with Crippen molar-refractivity contribution in [1.29, 1.82) is 0 Å². The predicted octanol–water partition coefficient (Wildman–Crippen LogP) is -0.985. The lowest BCUT2D eigenvalue weighted by Gasteiger charge is -2.24. The number of hydrogen-bond donors (Lipinski definition) is 3. The van der Waals surface area contributed by atoms with Gasteiger partial charge in [0.15, 0.2) is 0 Å². The molecule has 3 nitrogen and oxygen atoms in total. The molecule has 0 bridgehead atoms. The van der Waals surface area contributed by atoms with Crippen LogP contribution < -0.4 is 11.1 Å². The Labute approximate surface area is 48.9 Å². The van der Waals surface area contributed by atoms with Crippen molar-refractivity contribution >= 4 is 0 Å². The Morgan fingerprint density at radius 3 is 2.75 bits per heavy atom. The molecule has 0 radical (unpaired) electrons. The second kappa shape index (κ2) is 2.44. The molecule has 48 valence electrons. The molecular formula is C5H12N2O. The zero-order valence-electron chi connectivity index (χ0n) is 4.80. The quantitative estimate of drug-likeness (QED) is 0.381. The third kappa shape index (κ3) is 1.18. The Kier molecular flexibility index (Phi) is 1.83. The number of piperidine rings is 1. The van der Waals surface area contributed by atoms with Gasteiger partial charge in [0.1, 0.15) is 0 Å². The molecule has 0 aliphatic carbocycles. The van der Waals surface area contributed by atoms with Crippen LogP contribution in [0, 0.1) is 0 Å². The average molecular weight is 116 g/mol. The molecule has 2 unspecified atom stereocenters. The van der Waals surface area contributed by atoms with E-state index in [4.69, 9.17) is 10.8 Å². The molecule has 1 fully saturated rings. The van der Waals surface area contributed by atoms with Crippen LogP contribution in [0.5, 0.6) is 0 Å². The summed E-state index contributed by atoms with van der Waals surface area (Å²) in [5, 5.41) is 11.9. The van der Waals surface area contributed by atoms with E-state index < -0.39 is 0 Å². The molecule has 0 amide bonds. The standard InChI is InChI=1S/C5H12N2O/c6-5-4(8)2-1-3-7-5/h4-5,7-8H,1-3,6H2. The van der Waals surface area contributed by atoms with Crippen molar-refractivity contribution in [1.82, 2.24) is 5.32 Å². The van der Waals surface area contributed by atoms with Gasteiger partial charge in [-0.1, -0.05) is 0 Å². The molecule has 0 aromatic rings. The van der Waals surface area contributed by atoms with Crippen LogP contribution in [0.4, 0.5) is 0 Å². The summed E-state index contributed by atoms with van der Waals surface area (Å²) in [4.78, 5) is 0. The molecular weight excluding hydrogens is 104 g/mol. The summed E-state index contributed by atoms with van der Waals surface area (Å²) in [6.07, 6.45) is 1.36. The monoisotopic (exact) mass is 116 g/mol. The largest absolute Gasteiger partial charge is 0.390 e. The van der Waals surface area contributed by atoms with Gasteiger partial charge in [-0.15, -0.1) is 0 Å². The Morgan fingerprint density at radius 1 is 1.62 bits per heavy atom. The maximum Gasteiger partial charge on any atom is 0.0823 e. The fraction of sp³-hybridized carbons (Fsp3) is 1.00. The summed E-state index contributed by atoms with van der Waals surface area (Å²) in [5.41, 5.74) is 5.42. The van der Waals surface area contributed by atoms with E-state index >= 15 is 0 Å². The van der Waals surface area contributed by atoms with Crippen molar-refractivity contribution in [2.75, 3.05) is 6.54 Å². The van der Waals surface area contributed by atoms with Gasteiger partial charge in [0.2, 0.25) is 0 Å². The zero-order chi connectivity index (χ0) is 5.98. The lowest BCUT2D eigenvalue weighted by Crippen LogP contribution is -2.50. The third-order valence-corrected chi connectivity index (χ3v) is 1.47. The van der Waals surface area contributed by atoms with E-state index in [1.807, 2.05) is 0 Å². The van der Waals surface area contributed by atoms with Gasteiger partial charge in [-0.3, -0.25) is 5.32 Å². The topological polar surface area (TPSA) is 58.3 Å². The predicted molar refractivity (Wildman–Crippen MR) is 31.2 cm³/mol. The van der Waals surface area contributed by atoms with Gasteiger partial charge in [0.05, 0.1) is 12.3 Å². The van der Waals surface area contributed by atoms with E-state index in [9.17, 15) is 0 Å². The smallest absolute Gasteiger partial charge is 0.0823 e. The molecule has 1 saturated heterocycles. The Morgan fingerprint density at radius 2 is 2.38 bits per heavy atom. The summed E-state index contributed by atoms with van der Waals surface area (Å²) >= 11 is 0. The second-order valence-electron chi connectivity index (χ2n) is 2.19. The first-order chi connectivity index (χ1) is 3.80. The van der Waals surface area contributed by atoms with Crippen LogP contribution in [0.3, 0.4) is 0 Å². The minimum atomic E-state index is -0.330. The number of nitrogens with one attached hydrogen (secondary N) is 1. The first-order valence-corrected chi connectivity index (χ1v) is 2.98. The van der Waals surface area contributed by atoms with Gasteiger partial charge in [-0.05, 0) is 19.4 Å². The molecule has 8 heavy (non-hydrogen) atoms. The van der Waals surface area contributed by atoms with E-state index in [1.54, 1.807) is 0 Å². The van der Waals surface area contributed by atoms with E-state index in [-0.39, 0.29) is 12.3 Å². The average Bonchev–Trinajstić information content (AvgIpc) is 1.77. The van der Waals surface area contributed by atoms with Crippen molar-refractivity contribution in [2.45, 2.75) is 25.1 Å². The Hall–Kier alpha value is -0.120. The number of nitrogens with two attached hydrogens (primary N) is 1. The molecule has 1 aliphatic rings. The van der Waals surface area contributed by atoms with Crippen LogP contribution in [-0.2, 0) is 0 Å². The van der Waals surface area contributed by atoms with E-state index in [1.165, 1.54) is 0 Å². The van der Waals surface area contributed by atoms with E-state index in [0.717, 1.165) is 19.4 Å². The highest BCUT2D eigenvalue weighted by Gasteiger charge is 2.17. The fourth-order valence-corrected chi connectivity index (χ4v) is 0.896. The first kappa shape index (κ1) is 6.01.